The number of ether oxygens (including phenoxy) is 1. The second kappa shape index (κ2) is 8.26. The highest BCUT2D eigenvalue weighted by Crippen LogP contribution is 2.17. The van der Waals surface area contributed by atoms with Gasteiger partial charge in [-0.25, -0.2) is 4.79 Å². The summed E-state index contributed by atoms with van der Waals surface area (Å²) < 4.78 is 4.71. The van der Waals surface area contributed by atoms with Crippen molar-refractivity contribution in [3.8, 4) is 0 Å². The Bertz CT molecular complexity index is 714. The molecule has 5 nitrogen and oxygen atoms in total. The van der Waals surface area contributed by atoms with Crippen LogP contribution in [0.3, 0.4) is 0 Å². The molecule has 0 heterocycles. The predicted molar refractivity (Wildman–Crippen MR) is 92.8 cm³/mol. The number of hydrogen-bond donors (Lipinski definition) is 2. The summed E-state index contributed by atoms with van der Waals surface area (Å²) >= 11 is 0. The van der Waals surface area contributed by atoms with Crippen molar-refractivity contribution < 1.29 is 19.6 Å². The zero-order valence-electron chi connectivity index (χ0n) is 14.2. The monoisotopic (exact) mass is 327 g/mol. The molecule has 0 aliphatic heterocycles. The lowest BCUT2D eigenvalue weighted by Gasteiger charge is -2.12. The predicted octanol–water partition coefficient (Wildman–Crippen LogP) is 2.04. The van der Waals surface area contributed by atoms with Gasteiger partial charge < -0.3 is 15.4 Å². The van der Waals surface area contributed by atoms with Gasteiger partial charge in [0, 0.05) is 11.3 Å². The van der Waals surface area contributed by atoms with E-state index < -0.39 is 5.97 Å². The molecule has 1 amide bonds. The number of esters is 1. The van der Waals surface area contributed by atoms with Gasteiger partial charge in [-0.2, -0.15) is 0 Å². The van der Waals surface area contributed by atoms with Crippen molar-refractivity contribution in [2.24, 2.45) is 0 Å². The summed E-state index contributed by atoms with van der Waals surface area (Å²) in [5, 5.41) is 4.83. The molecule has 2 rings (SSSR count). The average molecular weight is 327 g/mol. The maximum absolute atomic E-state index is 12.2. The van der Waals surface area contributed by atoms with E-state index >= 15 is 0 Å². The summed E-state index contributed by atoms with van der Waals surface area (Å²) in [4.78, 5) is 23.8. The molecule has 0 aliphatic rings. The van der Waals surface area contributed by atoms with Crippen LogP contribution in [-0.4, -0.2) is 25.5 Å². The van der Waals surface area contributed by atoms with Crippen LogP contribution in [0.4, 0.5) is 5.69 Å². The number of quaternary nitrogens is 1. The number of carbonyl (C=O) groups is 2. The molecule has 0 bridgehead atoms. The minimum absolute atomic E-state index is 0.108. The summed E-state index contributed by atoms with van der Waals surface area (Å²) in [5.74, 6) is -0.530. The van der Waals surface area contributed by atoms with Gasteiger partial charge in [-0.3, -0.25) is 4.79 Å². The second-order valence-electron chi connectivity index (χ2n) is 5.71. The van der Waals surface area contributed by atoms with Crippen LogP contribution >= 0.6 is 0 Å². The van der Waals surface area contributed by atoms with Gasteiger partial charge in [0.05, 0.1) is 12.7 Å². The van der Waals surface area contributed by atoms with E-state index in [2.05, 4.69) is 12.2 Å². The summed E-state index contributed by atoms with van der Waals surface area (Å²) in [6.07, 6.45) is 0. The number of nitrogens with one attached hydrogen (secondary N) is 1. The molecular formula is C19H23N2O3+. The third-order valence-corrected chi connectivity index (χ3v) is 3.91. The normalized spacial score (nSPS) is 11.6. The smallest absolute Gasteiger partial charge is 0.337 e. The Morgan fingerprint density at radius 3 is 2.54 bits per heavy atom. The third kappa shape index (κ3) is 4.67. The first-order valence-electron chi connectivity index (χ1n) is 7.88. The Morgan fingerprint density at radius 2 is 1.88 bits per heavy atom. The lowest BCUT2D eigenvalue weighted by atomic mass is 10.1. The molecule has 24 heavy (non-hydrogen) atoms. The van der Waals surface area contributed by atoms with E-state index in [4.69, 9.17) is 4.74 Å². The van der Waals surface area contributed by atoms with Gasteiger partial charge in [0.15, 0.2) is 6.54 Å². The van der Waals surface area contributed by atoms with E-state index in [0.717, 1.165) is 5.56 Å². The van der Waals surface area contributed by atoms with Gasteiger partial charge >= 0.3 is 5.97 Å². The highest BCUT2D eigenvalue weighted by molar-refractivity contribution is 5.95. The fourth-order valence-electron chi connectivity index (χ4n) is 2.38. The number of nitrogens with two attached hydrogens (primary N) is 1. The molecule has 0 fully saturated rings. The second-order valence-corrected chi connectivity index (χ2v) is 5.71. The molecule has 2 aromatic carbocycles. The minimum atomic E-state index is -0.422. The Kier molecular flexibility index (Phi) is 6.09. The van der Waals surface area contributed by atoms with E-state index in [1.54, 1.807) is 18.2 Å². The van der Waals surface area contributed by atoms with Crippen LogP contribution in [0.5, 0.6) is 0 Å². The third-order valence-electron chi connectivity index (χ3n) is 3.91. The molecule has 1 atom stereocenters. The van der Waals surface area contributed by atoms with Gasteiger partial charge in [-0.1, -0.05) is 36.4 Å². The van der Waals surface area contributed by atoms with Crippen molar-refractivity contribution in [2.75, 3.05) is 19.0 Å². The highest BCUT2D eigenvalue weighted by Gasteiger charge is 2.13. The van der Waals surface area contributed by atoms with Crippen LogP contribution < -0.4 is 10.6 Å². The molecule has 3 N–H and O–H groups in total. The topological polar surface area (TPSA) is 72.0 Å². The molecule has 0 unspecified atom stereocenters. The number of amides is 1. The summed E-state index contributed by atoms with van der Waals surface area (Å²) in [6.45, 7) is 4.25. The Labute approximate surface area is 142 Å². The van der Waals surface area contributed by atoms with E-state index in [9.17, 15) is 9.59 Å². The van der Waals surface area contributed by atoms with Crippen molar-refractivity contribution in [3.63, 3.8) is 0 Å². The molecule has 0 saturated carbocycles. The number of methoxy groups -OCH3 is 1. The Balaban J connectivity index is 1.96. The molecule has 0 saturated heterocycles. The van der Waals surface area contributed by atoms with Gasteiger partial charge in [-0.15, -0.1) is 0 Å². The van der Waals surface area contributed by atoms with Crippen molar-refractivity contribution in [2.45, 2.75) is 19.9 Å². The van der Waals surface area contributed by atoms with Gasteiger partial charge in [0.1, 0.15) is 6.04 Å². The standard InChI is InChI=1S/C19H22N2O3/c1-13-9-10-16(19(23)24-3)11-17(13)21-18(22)12-20-14(2)15-7-5-4-6-8-15/h4-11,14,20H,12H2,1-3H3,(H,21,22)/p+1/t14-/m0/s1. The average Bonchev–Trinajstić information content (AvgIpc) is 2.61. The minimum Gasteiger partial charge on any atom is -0.465 e. The van der Waals surface area contributed by atoms with Crippen molar-refractivity contribution >= 4 is 17.6 Å². The van der Waals surface area contributed by atoms with E-state index in [0.29, 0.717) is 17.8 Å². The maximum atomic E-state index is 12.2. The first-order chi connectivity index (χ1) is 11.5. The zero-order valence-corrected chi connectivity index (χ0v) is 14.2. The van der Waals surface area contributed by atoms with Crippen molar-refractivity contribution in [1.29, 1.82) is 0 Å². The van der Waals surface area contributed by atoms with Gasteiger partial charge in [0.2, 0.25) is 0 Å². The highest BCUT2D eigenvalue weighted by atomic mass is 16.5. The van der Waals surface area contributed by atoms with E-state index in [-0.39, 0.29) is 11.9 Å². The molecule has 0 radical (unpaired) electrons. The molecule has 0 spiro atoms. The molecule has 2 aromatic rings. The SMILES string of the molecule is COC(=O)c1ccc(C)c(NC(=O)C[NH2+][C@@H](C)c2ccccc2)c1. The molecule has 0 aliphatic carbocycles. The zero-order chi connectivity index (χ0) is 17.5. The lowest BCUT2D eigenvalue weighted by Crippen LogP contribution is -2.86. The summed E-state index contributed by atoms with van der Waals surface area (Å²) in [6, 6.07) is 15.3. The van der Waals surface area contributed by atoms with Crippen LogP contribution in [-0.2, 0) is 9.53 Å². The van der Waals surface area contributed by atoms with Crippen LogP contribution in [0.15, 0.2) is 48.5 Å². The largest absolute Gasteiger partial charge is 0.465 e. The maximum Gasteiger partial charge on any atom is 0.337 e. The summed E-state index contributed by atoms with van der Waals surface area (Å²) in [5.41, 5.74) is 3.12. The summed E-state index contributed by atoms with van der Waals surface area (Å²) in [7, 11) is 1.33. The van der Waals surface area contributed by atoms with Crippen LogP contribution in [0, 0.1) is 6.92 Å². The van der Waals surface area contributed by atoms with Crippen LogP contribution in [0.1, 0.15) is 34.5 Å². The van der Waals surface area contributed by atoms with Crippen molar-refractivity contribution in [1.82, 2.24) is 0 Å². The number of aryl methyl sites for hydroxylation is 1. The molecule has 0 aromatic heterocycles. The fourth-order valence-corrected chi connectivity index (χ4v) is 2.38. The molecule has 126 valence electrons. The number of benzene rings is 2. The number of anilines is 1. The number of hydrogen-bond acceptors (Lipinski definition) is 3. The van der Waals surface area contributed by atoms with Crippen LogP contribution in [0.2, 0.25) is 0 Å². The first-order valence-corrected chi connectivity index (χ1v) is 7.88. The molecular weight excluding hydrogens is 304 g/mol. The number of carbonyl (C=O) groups excluding carboxylic acids is 2. The van der Waals surface area contributed by atoms with Gasteiger partial charge in [0.25, 0.3) is 5.91 Å². The quantitative estimate of drug-likeness (QED) is 0.798. The number of rotatable bonds is 6. The fraction of sp³-hybridized carbons (Fsp3) is 0.263. The van der Waals surface area contributed by atoms with E-state index in [1.807, 2.05) is 42.6 Å². The van der Waals surface area contributed by atoms with Crippen molar-refractivity contribution in [3.05, 3.63) is 65.2 Å². The Morgan fingerprint density at radius 1 is 1.17 bits per heavy atom. The Hall–Kier alpha value is -2.66. The van der Waals surface area contributed by atoms with Gasteiger partial charge in [-0.05, 0) is 31.5 Å². The lowest BCUT2D eigenvalue weighted by molar-refractivity contribution is -0.682. The first kappa shape index (κ1) is 17.7. The van der Waals surface area contributed by atoms with Crippen LogP contribution in [0.25, 0.3) is 0 Å². The molecule has 5 heteroatoms. The van der Waals surface area contributed by atoms with E-state index in [1.165, 1.54) is 12.7 Å².